The number of hydrogen-bond acceptors (Lipinski definition) is 12. The lowest BCUT2D eigenvalue weighted by Gasteiger charge is -2.41. The highest BCUT2D eigenvalue weighted by Crippen LogP contribution is 2.57. The van der Waals surface area contributed by atoms with Gasteiger partial charge in [-0.15, -0.1) is 4.40 Å². The number of rotatable bonds is 11. The summed E-state index contributed by atoms with van der Waals surface area (Å²) in [7, 11) is -11.8. The number of carbonyl (C=O) groups is 1. The molecule has 0 spiro atoms. The molecule has 252 valence electrons. The van der Waals surface area contributed by atoms with E-state index in [2.05, 4.69) is 19.2 Å². The first-order valence-corrected chi connectivity index (χ1v) is 19.7. The average Bonchev–Trinajstić information content (AvgIpc) is 2.97. The van der Waals surface area contributed by atoms with E-state index in [0.29, 0.717) is 32.7 Å². The molecule has 3 aliphatic rings. The molecule has 1 unspecified atom stereocenters. The van der Waals surface area contributed by atoms with Crippen LogP contribution in [-0.2, 0) is 35.1 Å². The van der Waals surface area contributed by atoms with Crippen LogP contribution in [0.5, 0.6) is 0 Å². The lowest BCUT2D eigenvalue weighted by molar-refractivity contribution is -0.121. The lowest BCUT2D eigenvalue weighted by Crippen LogP contribution is -2.56. The fourth-order valence-electron chi connectivity index (χ4n) is 5.72. The monoisotopic (exact) mass is 697 g/mol. The van der Waals surface area contributed by atoms with Gasteiger partial charge in [-0.3, -0.25) is 23.5 Å². The van der Waals surface area contributed by atoms with Crippen molar-refractivity contribution in [2.75, 3.05) is 54.9 Å². The number of nitrogens with one attached hydrogen (secondary N) is 3. The fourth-order valence-corrected chi connectivity index (χ4v) is 8.90. The minimum Gasteiger partial charge on any atom is -0.506 e. The molecule has 2 aliphatic heterocycles. The molecule has 0 bridgehead atoms. The molecule has 5 rings (SSSR count). The molecule has 6 N–H and O–H groups in total. The van der Waals surface area contributed by atoms with Gasteiger partial charge in [0, 0.05) is 25.2 Å². The van der Waals surface area contributed by atoms with Gasteiger partial charge in [0.15, 0.2) is 11.6 Å². The Morgan fingerprint density at radius 1 is 1.11 bits per heavy atom. The zero-order valence-electron chi connectivity index (χ0n) is 25.7. The lowest BCUT2D eigenvalue weighted by atomic mass is 9.72. The third kappa shape index (κ3) is 7.26. The predicted octanol–water partition coefficient (Wildman–Crippen LogP) is 3.34. The number of anilines is 2. The topological polar surface area (TPSA) is 207 Å². The van der Waals surface area contributed by atoms with E-state index in [9.17, 15) is 35.8 Å². The van der Waals surface area contributed by atoms with E-state index in [0.717, 1.165) is 6.26 Å². The molecule has 2 aromatic carbocycles. The molecular formula is C29H39N5O9S3. The molecule has 17 heteroatoms. The van der Waals surface area contributed by atoms with Crippen LogP contribution in [-0.4, -0.2) is 92.4 Å². The average molecular weight is 698 g/mol. The van der Waals surface area contributed by atoms with Gasteiger partial charge in [-0.2, -0.15) is 4.72 Å². The Morgan fingerprint density at radius 3 is 2.48 bits per heavy atom. The van der Waals surface area contributed by atoms with E-state index in [4.69, 9.17) is 4.74 Å². The number of benzene rings is 2. The first kappa shape index (κ1) is 34.3. The van der Waals surface area contributed by atoms with Crippen molar-refractivity contribution in [1.29, 1.82) is 0 Å². The summed E-state index contributed by atoms with van der Waals surface area (Å²) in [5.41, 5.74) is -1.63. The number of hydrogen-bond donors (Lipinski definition) is 6. The Kier molecular flexibility index (Phi) is 9.60. The van der Waals surface area contributed by atoms with Crippen LogP contribution < -0.4 is 14.8 Å². The molecule has 1 aliphatic carbocycles. The first-order chi connectivity index (χ1) is 21.5. The van der Waals surface area contributed by atoms with Gasteiger partial charge in [0.2, 0.25) is 20.0 Å². The molecule has 2 aromatic rings. The number of morpholine rings is 1. The summed E-state index contributed by atoms with van der Waals surface area (Å²) < 4.78 is 87.5. The summed E-state index contributed by atoms with van der Waals surface area (Å²) in [6, 6.07) is 10.4. The first-order valence-electron chi connectivity index (χ1n) is 14.7. The van der Waals surface area contributed by atoms with Gasteiger partial charge in [-0.1, -0.05) is 48.9 Å². The maximum atomic E-state index is 14.7. The maximum absolute atomic E-state index is 14.7. The number of amidine groups is 1. The summed E-state index contributed by atoms with van der Waals surface area (Å²) in [4.78, 5) is 16.6. The Bertz CT molecular complexity index is 1800. The minimum absolute atomic E-state index is 0.0503. The van der Waals surface area contributed by atoms with Crippen molar-refractivity contribution >= 4 is 59.6 Å². The normalized spacial score (nSPS) is 22.5. The quantitative estimate of drug-likeness (QED) is 0.201. The summed E-state index contributed by atoms with van der Waals surface area (Å²) in [5.74, 6) is -1.88. The summed E-state index contributed by atoms with van der Waals surface area (Å²) in [6.07, 6.45) is 1.44. The highest BCUT2D eigenvalue weighted by atomic mass is 32.3. The number of aliphatic hydroxyl groups is 1. The molecule has 1 atom stereocenters. The zero-order chi connectivity index (χ0) is 33.5. The van der Waals surface area contributed by atoms with Crippen LogP contribution in [0.2, 0.25) is 0 Å². The largest absolute Gasteiger partial charge is 0.506 e. The Labute approximate surface area is 270 Å². The van der Waals surface area contributed by atoms with Crippen LogP contribution in [0, 0.1) is 5.92 Å². The van der Waals surface area contributed by atoms with Crippen molar-refractivity contribution in [2.24, 2.45) is 10.3 Å². The van der Waals surface area contributed by atoms with E-state index in [1.54, 1.807) is 24.3 Å². The van der Waals surface area contributed by atoms with Crippen LogP contribution in [0.1, 0.15) is 37.8 Å². The smallest absolute Gasteiger partial charge is 0.229 e. The number of nitrogens with zero attached hydrogens (tertiary/aromatic N) is 2. The summed E-state index contributed by atoms with van der Waals surface area (Å²) >= 11 is 0. The maximum Gasteiger partial charge on any atom is 0.229 e. The number of sulfonamides is 2. The van der Waals surface area contributed by atoms with E-state index in [1.807, 2.05) is 18.7 Å². The second-order valence-electron chi connectivity index (χ2n) is 12.0. The van der Waals surface area contributed by atoms with E-state index in [-0.39, 0.29) is 57.9 Å². The fraction of sp³-hybridized carbons (Fsp3) is 0.448. The molecule has 1 saturated heterocycles. The van der Waals surface area contributed by atoms with Gasteiger partial charge in [0.05, 0.1) is 36.6 Å². The number of fused-ring (bicyclic) bond motifs is 2. The molecule has 0 radical (unpaired) electrons. The third-order valence-corrected chi connectivity index (χ3v) is 11.3. The number of aliphatic hydroxyl groups excluding tert-OH is 1. The third-order valence-electron chi connectivity index (χ3n) is 7.99. The molecule has 46 heavy (non-hydrogen) atoms. The number of carbonyl (C=O) groups excluding carboxylic acids is 1. The standard InChI is InChI=1S/C29H39N5O9S3/c1-19(2)10-11-29(33-45(39,40)17-14-34-12-15-43-16-13-34)22-7-5-4-6-21(22)26(35)25(27(29)36)28-30-23-9-8-20(31-44(3,37)38)18-24(23)46(41,42)32-28/h4-9,18-19,31,33,35,41-42H,10-17H2,1-3H3,(H,30,32). The SMILES string of the molecule is CC(C)CCC1(NS(=O)(=O)CCN2CCOCC2)C(=O)C(C2=NS(O)(O)c3cc(NS(C)(=O)=O)ccc3N2)=C(O)c2ccccc21. The molecule has 0 aromatic heterocycles. The van der Waals surface area contributed by atoms with Crippen molar-refractivity contribution in [3.05, 3.63) is 59.2 Å². The number of ether oxygens (including phenoxy) is 1. The van der Waals surface area contributed by atoms with Gasteiger partial charge in [-0.05, 0) is 42.5 Å². The van der Waals surface area contributed by atoms with Crippen molar-refractivity contribution < 1.29 is 40.6 Å². The Hall–Kier alpha value is -3.03. The molecule has 0 saturated carbocycles. The molecule has 1 fully saturated rings. The number of ketones is 1. The van der Waals surface area contributed by atoms with Crippen molar-refractivity contribution in [3.8, 4) is 0 Å². The Morgan fingerprint density at radius 2 is 1.80 bits per heavy atom. The van der Waals surface area contributed by atoms with Crippen LogP contribution in [0.15, 0.2) is 57.3 Å². The molecule has 14 nitrogen and oxygen atoms in total. The highest BCUT2D eigenvalue weighted by Gasteiger charge is 2.51. The van der Waals surface area contributed by atoms with Crippen LogP contribution in [0.25, 0.3) is 5.76 Å². The van der Waals surface area contributed by atoms with Crippen molar-refractivity contribution in [3.63, 3.8) is 0 Å². The van der Waals surface area contributed by atoms with Crippen LogP contribution >= 0.6 is 10.8 Å². The van der Waals surface area contributed by atoms with Gasteiger partial charge in [-0.25, -0.2) is 16.8 Å². The van der Waals surface area contributed by atoms with E-state index >= 15 is 0 Å². The van der Waals surface area contributed by atoms with E-state index in [1.165, 1.54) is 18.2 Å². The predicted molar refractivity (Wildman–Crippen MR) is 178 cm³/mol. The second kappa shape index (κ2) is 12.9. The second-order valence-corrected chi connectivity index (χ2v) is 17.2. The molecule has 0 amide bonds. The van der Waals surface area contributed by atoms with Gasteiger partial charge < -0.3 is 15.2 Å². The van der Waals surface area contributed by atoms with Crippen molar-refractivity contribution in [1.82, 2.24) is 9.62 Å². The van der Waals surface area contributed by atoms with Crippen molar-refractivity contribution in [2.45, 2.75) is 37.1 Å². The molecular weight excluding hydrogens is 659 g/mol. The summed E-state index contributed by atoms with van der Waals surface area (Å²) in [5, 5.41) is 14.4. The Balaban J connectivity index is 1.58. The summed E-state index contributed by atoms with van der Waals surface area (Å²) in [6.45, 7) is 6.28. The van der Waals surface area contributed by atoms with Gasteiger partial charge in [0.1, 0.15) is 21.8 Å². The van der Waals surface area contributed by atoms with Crippen LogP contribution in [0.3, 0.4) is 0 Å². The highest BCUT2D eigenvalue weighted by molar-refractivity contribution is 8.23. The van der Waals surface area contributed by atoms with E-state index < -0.39 is 53.5 Å². The number of Topliss-reactive ketones (excluding diaryl/α,β-unsaturated/α-hetero) is 1. The zero-order valence-corrected chi connectivity index (χ0v) is 28.1. The van der Waals surface area contributed by atoms with Gasteiger partial charge in [0.25, 0.3) is 0 Å². The van der Waals surface area contributed by atoms with Gasteiger partial charge >= 0.3 is 0 Å². The minimum atomic E-state index is -4.09. The molecule has 2 heterocycles. The van der Waals surface area contributed by atoms with Crippen LogP contribution in [0.4, 0.5) is 11.4 Å².